The van der Waals surface area contributed by atoms with E-state index in [4.69, 9.17) is 16.3 Å². The Kier molecular flexibility index (Phi) is 4.07. The van der Waals surface area contributed by atoms with Crippen LogP contribution in [0.25, 0.3) is 0 Å². The van der Waals surface area contributed by atoms with Gasteiger partial charge in [0.1, 0.15) is 5.75 Å². The van der Waals surface area contributed by atoms with E-state index in [2.05, 4.69) is 22.9 Å². The van der Waals surface area contributed by atoms with Crippen molar-refractivity contribution in [3.05, 3.63) is 27.7 Å². The van der Waals surface area contributed by atoms with E-state index in [1.165, 1.54) is 0 Å². The molecule has 0 spiro atoms. The maximum absolute atomic E-state index is 5.91. The van der Waals surface area contributed by atoms with Gasteiger partial charge >= 0.3 is 0 Å². The Labute approximate surface area is 92.2 Å². The van der Waals surface area contributed by atoms with Crippen molar-refractivity contribution < 1.29 is 4.74 Å². The van der Waals surface area contributed by atoms with Crippen LogP contribution in [-0.2, 0) is 0 Å². The maximum Gasteiger partial charge on any atom is 0.121 e. The van der Waals surface area contributed by atoms with Crippen molar-refractivity contribution in [3.8, 4) is 5.75 Å². The third-order valence-electron chi connectivity index (χ3n) is 1.80. The average Bonchev–Trinajstić information content (AvgIpc) is 2.11. The molecule has 72 valence electrons. The Morgan fingerprint density at radius 2 is 2.23 bits per heavy atom. The lowest BCUT2D eigenvalue weighted by Crippen LogP contribution is -2.09. The first-order chi connectivity index (χ1) is 6.13. The first-order valence-electron chi connectivity index (χ1n) is 4.25. The molecule has 0 aliphatic carbocycles. The molecule has 0 heterocycles. The fraction of sp³-hybridized carbons (Fsp3) is 0.400. The molecule has 1 rings (SSSR count). The Balaban J connectivity index is 2.73. The van der Waals surface area contributed by atoms with Crippen LogP contribution >= 0.6 is 27.5 Å². The summed E-state index contributed by atoms with van der Waals surface area (Å²) in [5, 5.41) is 0.681. The van der Waals surface area contributed by atoms with E-state index in [-0.39, 0.29) is 6.10 Å². The third kappa shape index (κ3) is 3.20. The van der Waals surface area contributed by atoms with Gasteiger partial charge in [0.15, 0.2) is 0 Å². The van der Waals surface area contributed by atoms with Crippen molar-refractivity contribution in [3.63, 3.8) is 0 Å². The first-order valence-corrected chi connectivity index (χ1v) is 5.42. The number of ether oxygens (including phenoxy) is 1. The second-order valence-electron chi connectivity index (χ2n) is 2.91. The quantitative estimate of drug-likeness (QED) is 0.791. The fourth-order valence-electron chi connectivity index (χ4n) is 0.866. The predicted molar refractivity (Wildman–Crippen MR) is 59.5 cm³/mol. The summed E-state index contributed by atoms with van der Waals surface area (Å²) in [6.07, 6.45) is 1.23. The molecule has 0 N–H and O–H groups in total. The summed E-state index contributed by atoms with van der Waals surface area (Å²) in [4.78, 5) is 0. The highest BCUT2D eigenvalue weighted by molar-refractivity contribution is 9.10. The van der Waals surface area contributed by atoms with Gasteiger partial charge in [-0.1, -0.05) is 18.5 Å². The van der Waals surface area contributed by atoms with Gasteiger partial charge in [-0.2, -0.15) is 0 Å². The van der Waals surface area contributed by atoms with Crippen LogP contribution in [0, 0.1) is 0 Å². The molecule has 0 bridgehead atoms. The molecule has 0 aromatic heterocycles. The standard InChI is InChI=1S/C10H12BrClO/c1-3-7(2)13-8-4-5-9(11)10(12)6-8/h4-7H,3H2,1-2H3/t7-/m1/s1. The Bertz CT molecular complexity index is 288. The van der Waals surface area contributed by atoms with E-state index in [9.17, 15) is 0 Å². The number of benzene rings is 1. The van der Waals surface area contributed by atoms with Gasteiger partial charge in [-0.05, 0) is 47.5 Å². The number of hydrogen-bond acceptors (Lipinski definition) is 1. The van der Waals surface area contributed by atoms with Crippen molar-refractivity contribution in [2.45, 2.75) is 26.4 Å². The zero-order chi connectivity index (χ0) is 9.84. The molecular formula is C10H12BrClO. The minimum absolute atomic E-state index is 0.234. The number of halogens is 2. The smallest absolute Gasteiger partial charge is 0.121 e. The SMILES string of the molecule is CC[C@@H](C)Oc1ccc(Br)c(Cl)c1. The molecule has 0 aliphatic heterocycles. The number of rotatable bonds is 3. The Morgan fingerprint density at radius 3 is 2.77 bits per heavy atom. The second-order valence-corrected chi connectivity index (χ2v) is 4.17. The van der Waals surface area contributed by atoms with Gasteiger partial charge in [0.2, 0.25) is 0 Å². The molecule has 1 aromatic carbocycles. The summed E-state index contributed by atoms with van der Waals surface area (Å²) in [6.45, 7) is 4.13. The Hall–Kier alpha value is -0.210. The first kappa shape index (κ1) is 10.9. The van der Waals surface area contributed by atoms with Gasteiger partial charge in [-0.3, -0.25) is 0 Å². The summed E-state index contributed by atoms with van der Waals surface area (Å²) in [7, 11) is 0. The lowest BCUT2D eigenvalue weighted by molar-refractivity contribution is 0.217. The maximum atomic E-state index is 5.91. The molecule has 0 saturated heterocycles. The van der Waals surface area contributed by atoms with Gasteiger partial charge in [0.05, 0.1) is 11.1 Å². The second kappa shape index (κ2) is 4.87. The van der Waals surface area contributed by atoms with E-state index in [0.717, 1.165) is 16.6 Å². The fourth-order valence-corrected chi connectivity index (χ4v) is 1.28. The van der Waals surface area contributed by atoms with Crippen LogP contribution in [-0.4, -0.2) is 6.10 Å². The normalized spacial score (nSPS) is 12.6. The molecule has 1 atom stereocenters. The van der Waals surface area contributed by atoms with Crippen LogP contribution in [0.1, 0.15) is 20.3 Å². The molecule has 0 aliphatic rings. The van der Waals surface area contributed by atoms with Crippen LogP contribution in [0.5, 0.6) is 5.75 Å². The molecular weight excluding hydrogens is 251 g/mol. The molecule has 0 amide bonds. The molecule has 0 radical (unpaired) electrons. The van der Waals surface area contributed by atoms with E-state index in [0.29, 0.717) is 5.02 Å². The largest absolute Gasteiger partial charge is 0.491 e. The summed E-state index contributed by atoms with van der Waals surface area (Å²) >= 11 is 9.24. The van der Waals surface area contributed by atoms with E-state index >= 15 is 0 Å². The lowest BCUT2D eigenvalue weighted by atomic mass is 10.3. The summed E-state index contributed by atoms with van der Waals surface area (Å²) in [5.41, 5.74) is 0. The summed E-state index contributed by atoms with van der Waals surface area (Å²) in [5.74, 6) is 0.822. The molecule has 3 heteroatoms. The lowest BCUT2D eigenvalue weighted by Gasteiger charge is -2.12. The highest BCUT2D eigenvalue weighted by Gasteiger charge is 2.03. The zero-order valence-electron chi connectivity index (χ0n) is 7.68. The van der Waals surface area contributed by atoms with Crippen LogP contribution in [0.2, 0.25) is 5.02 Å². The molecule has 0 saturated carbocycles. The van der Waals surface area contributed by atoms with E-state index in [1.54, 1.807) is 0 Å². The monoisotopic (exact) mass is 262 g/mol. The van der Waals surface area contributed by atoms with Crippen LogP contribution in [0.4, 0.5) is 0 Å². The van der Waals surface area contributed by atoms with Gasteiger partial charge in [-0.25, -0.2) is 0 Å². The highest BCUT2D eigenvalue weighted by Crippen LogP contribution is 2.27. The predicted octanol–water partition coefficient (Wildman–Crippen LogP) is 4.28. The van der Waals surface area contributed by atoms with Gasteiger partial charge in [0, 0.05) is 4.47 Å². The van der Waals surface area contributed by atoms with Crippen LogP contribution < -0.4 is 4.74 Å². The highest BCUT2D eigenvalue weighted by atomic mass is 79.9. The number of hydrogen-bond donors (Lipinski definition) is 0. The van der Waals surface area contributed by atoms with Crippen molar-refractivity contribution in [2.75, 3.05) is 0 Å². The van der Waals surface area contributed by atoms with Crippen molar-refractivity contribution in [1.29, 1.82) is 0 Å². The zero-order valence-corrected chi connectivity index (χ0v) is 10.0. The minimum Gasteiger partial charge on any atom is -0.491 e. The van der Waals surface area contributed by atoms with E-state index < -0.39 is 0 Å². The topological polar surface area (TPSA) is 9.23 Å². The van der Waals surface area contributed by atoms with Gasteiger partial charge in [-0.15, -0.1) is 0 Å². The minimum atomic E-state index is 0.234. The molecule has 1 nitrogen and oxygen atoms in total. The van der Waals surface area contributed by atoms with Gasteiger partial charge < -0.3 is 4.74 Å². The Morgan fingerprint density at radius 1 is 1.54 bits per heavy atom. The molecule has 0 fully saturated rings. The van der Waals surface area contributed by atoms with Crippen molar-refractivity contribution in [2.24, 2.45) is 0 Å². The van der Waals surface area contributed by atoms with Crippen LogP contribution in [0.3, 0.4) is 0 Å². The van der Waals surface area contributed by atoms with Gasteiger partial charge in [0.25, 0.3) is 0 Å². The van der Waals surface area contributed by atoms with E-state index in [1.807, 2.05) is 25.1 Å². The molecule has 0 unspecified atom stereocenters. The molecule has 1 aromatic rings. The third-order valence-corrected chi connectivity index (χ3v) is 3.04. The average molecular weight is 264 g/mol. The summed E-state index contributed by atoms with van der Waals surface area (Å²) in [6, 6.07) is 5.61. The van der Waals surface area contributed by atoms with Crippen LogP contribution in [0.15, 0.2) is 22.7 Å². The van der Waals surface area contributed by atoms with Crippen molar-refractivity contribution in [1.82, 2.24) is 0 Å². The van der Waals surface area contributed by atoms with Crippen molar-refractivity contribution >= 4 is 27.5 Å². The molecule has 13 heavy (non-hydrogen) atoms. The summed E-state index contributed by atoms with van der Waals surface area (Å²) < 4.78 is 6.49.